The molecule has 0 saturated heterocycles. The maximum absolute atomic E-state index is 8.83. The van der Waals surface area contributed by atoms with Crippen molar-refractivity contribution >= 4 is 0 Å². The van der Waals surface area contributed by atoms with Crippen molar-refractivity contribution in [3.63, 3.8) is 0 Å². The number of aliphatic hydroxyl groups excluding tert-OH is 2. The normalized spacial score (nSPS) is 20.2. The summed E-state index contributed by atoms with van der Waals surface area (Å²) < 4.78 is 8.28. The van der Waals surface area contributed by atoms with Crippen LogP contribution in [0.5, 0.6) is 0 Å². The standard InChI is InChI=1S/C18H36N2.C7H16O2.O.Os/c1-17(2,3)11-13-19-15-9-7-8-10-16(15)20-14-12-18(4,5)6;1-2-3-4-5-7(9)6-8;;/h15-16H,7-14H2,1-6H3;7-9H,2-6H2,1H3;;/q-2;;;/t15-,16-;7-;;/m11../s1. The van der Waals surface area contributed by atoms with Crippen LogP contribution < -0.4 is 0 Å². The Kier molecular flexibility index (Phi) is 21.3. The van der Waals surface area contributed by atoms with E-state index in [1.54, 1.807) is 0 Å². The van der Waals surface area contributed by atoms with Gasteiger partial charge in [0.25, 0.3) is 0 Å². The van der Waals surface area contributed by atoms with E-state index >= 15 is 0 Å². The Bertz CT molecular complexity index is 369. The van der Waals surface area contributed by atoms with Gasteiger partial charge in [0.05, 0.1) is 12.7 Å². The van der Waals surface area contributed by atoms with E-state index in [9.17, 15) is 0 Å². The molecule has 0 unspecified atom stereocenters. The summed E-state index contributed by atoms with van der Waals surface area (Å²) in [6, 6.07) is 1.01. The van der Waals surface area contributed by atoms with E-state index in [0.29, 0.717) is 41.5 Å². The van der Waals surface area contributed by atoms with Crippen LogP contribution >= 0.6 is 0 Å². The van der Waals surface area contributed by atoms with Crippen molar-refractivity contribution in [2.24, 2.45) is 10.8 Å². The fourth-order valence-electron chi connectivity index (χ4n) is 3.37. The van der Waals surface area contributed by atoms with Gasteiger partial charge in [0.2, 0.25) is 0 Å². The first kappa shape index (κ1) is 33.4. The Morgan fingerprint density at radius 1 is 0.871 bits per heavy atom. The third-order valence-electron chi connectivity index (χ3n) is 5.50. The molecule has 1 saturated carbocycles. The second kappa shape index (κ2) is 19.7. The van der Waals surface area contributed by atoms with Gasteiger partial charge in [-0.15, -0.1) is 13.1 Å². The van der Waals surface area contributed by atoms with Crippen molar-refractivity contribution in [3.8, 4) is 0 Å². The van der Waals surface area contributed by atoms with Crippen LogP contribution in [0.3, 0.4) is 0 Å². The first-order valence-electron chi connectivity index (χ1n) is 12.2. The van der Waals surface area contributed by atoms with Crippen LogP contribution in [0, 0.1) is 10.8 Å². The zero-order valence-electron chi connectivity index (χ0n) is 21.5. The minimum atomic E-state index is -0.489. The first-order valence-corrected chi connectivity index (χ1v) is 13.3. The van der Waals surface area contributed by atoms with Crippen molar-refractivity contribution in [2.45, 2.75) is 131 Å². The fraction of sp³-hybridized carbons (Fsp3) is 1.00. The SMILES string of the molecule is CC(C)(C)CC[N-][C@@H]1CCCC[C@H]1[N-]CCC(C)(C)C.CCCCC[C@@H](O)CO.[O]=[Os]. The Morgan fingerprint density at radius 3 is 1.61 bits per heavy atom. The Hall–Kier alpha value is 0.276. The average molecular weight is 619 g/mol. The molecule has 1 aliphatic carbocycles. The van der Waals surface area contributed by atoms with Gasteiger partial charge in [-0.1, -0.05) is 106 Å². The molecule has 0 heterocycles. The summed E-state index contributed by atoms with van der Waals surface area (Å²) in [4.78, 5) is 0. The molecule has 2 N–H and O–H groups in total. The Balaban J connectivity index is 0. The molecular formula is C25H52N2O3Os-2. The molecule has 1 fully saturated rings. The van der Waals surface area contributed by atoms with Gasteiger partial charge in [-0.2, -0.15) is 12.1 Å². The van der Waals surface area contributed by atoms with Crippen LogP contribution in [0.2, 0.25) is 0 Å². The molecule has 0 bridgehead atoms. The summed E-state index contributed by atoms with van der Waals surface area (Å²) in [5, 5.41) is 27.2. The van der Waals surface area contributed by atoms with Crippen LogP contribution in [-0.4, -0.2) is 48.1 Å². The molecule has 0 aromatic heterocycles. The third kappa shape index (κ3) is 23.2. The summed E-state index contributed by atoms with van der Waals surface area (Å²) in [6.07, 6.45) is 11.2. The molecule has 0 spiro atoms. The van der Waals surface area contributed by atoms with Gasteiger partial charge in [-0.3, -0.25) is 0 Å². The summed E-state index contributed by atoms with van der Waals surface area (Å²) >= 11 is 0.611. The monoisotopic (exact) mass is 620 g/mol. The van der Waals surface area contributed by atoms with E-state index < -0.39 is 6.10 Å². The van der Waals surface area contributed by atoms with Crippen LogP contribution in [0.1, 0.15) is 113 Å². The quantitative estimate of drug-likeness (QED) is 0.252. The van der Waals surface area contributed by atoms with E-state index in [2.05, 4.69) is 48.5 Å². The number of rotatable bonds is 11. The van der Waals surface area contributed by atoms with Crippen molar-refractivity contribution < 1.29 is 32.3 Å². The van der Waals surface area contributed by atoms with E-state index in [4.69, 9.17) is 24.4 Å². The predicted octanol–water partition coefficient (Wildman–Crippen LogP) is 6.72. The Morgan fingerprint density at radius 2 is 1.29 bits per heavy atom. The number of hydrogen-bond donors (Lipinski definition) is 2. The van der Waals surface area contributed by atoms with Crippen molar-refractivity contribution in [2.75, 3.05) is 19.7 Å². The van der Waals surface area contributed by atoms with E-state index in [0.717, 1.165) is 38.8 Å². The number of hydrogen-bond acceptors (Lipinski definition) is 3. The molecule has 0 aromatic rings. The summed E-state index contributed by atoms with van der Waals surface area (Å²) in [5.74, 6) is 0. The zero-order valence-corrected chi connectivity index (χ0v) is 24.0. The van der Waals surface area contributed by atoms with Crippen molar-refractivity contribution in [1.82, 2.24) is 0 Å². The van der Waals surface area contributed by atoms with Gasteiger partial charge < -0.3 is 20.8 Å². The predicted molar refractivity (Wildman–Crippen MR) is 129 cm³/mol. The van der Waals surface area contributed by atoms with E-state index in [1.807, 2.05) is 0 Å². The molecule has 1 rings (SSSR count). The Labute approximate surface area is 204 Å². The molecular weight excluding hydrogens is 567 g/mol. The molecule has 0 amide bonds. The molecule has 1 aliphatic rings. The van der Waals surface area contributed by atoms with Crippen LogP contribution in [0.25, 0.3) is 10.6 Å². The van der Waals surface area contributed by atoms with Crippen molar-refractivity contribution in [1.29, 1.82) is 0 Å². The van der Waals surface area contributed by atoms with Crippen LogP contribution in [0.4, 0.5) is 0 Å². The first-order chi connectivity index (χ1) is 14.5. The number of unbranched alkanes of at least 4 members (excludes halogenated alkanes) is 2. The summed E-state index contributed by atoms with van der Waals surface area (Å²) in [5.41, 5.74) is 0.800. The van der Waals surface area contributed by atoms with Crippen LogP contribution in [0.15, 0.2) is 0 Å². The van der Waals surface area contributed by atoms with E-state index in [-0.39, 0.29) is 6.61 Å². The molecule has 0 aromatic carbocycles. The molecule has 190 valence electrons. The van der Waals surface area contributed by atoms with Gasteiger partial charge in [0.1, 0.15) is 0 Å². The summed E-state index contributed by atoms with van der Waals surface area (Å²) in [7, 11) is 0. The second-order valence-corrected chi connectivity index (χ2v) is 11.2. The molecule has 5 nitrogen and oxygen atoms in total. The van der Waals surface area contributed by atoms with Crippen LogP contribution in [-0.2, 0) is 22.1 Å². The minimum absolute atomic E-state index is 0.0935. The van der Waals surface area contributed by atoms with Gasteiger partial charge in [-0.25, -0.2) is 0 Å². The zero-order chi connectivity index (χ0) is 24.3. The number of nitrogens with zero attached hydrogens (tertiary/aromatic N) is 2. The third-order valence-corrected chi connectivity index (χ3v) is 5.50. The van der Waals surface area contributed by atoms with Gasteiger partial charge in [0.15, 0.2) is 0 Å². The molecule has 3 atom stereocenters. The van der Waals surface area contributed by atoms with Crippen molar-refractivity contribution in [3.05, 3.63) is 10.6 Å². The summed E-state index contributed by atoms with van der Waals surface area (Å²) in [6.45, 7) is 17.9. The topological polar surface area (TPSA) is 85.7 Å². The van der Waals surface area contributed by atoms with E-state index in [1.165, 1.54) is 38.5 Å². The molecule has 0 aliphatic heterocycles. The second-order valence-electron chi connectivity index (χ2n) is 11.2. The molecule has 31 heavy (non-hydrogen) atoms. The fourth-order valence-corrected chi connectivity index (χ4v) is 3.37. The number of aliphatic hydroxyl groups is 2. The molecule has 6 heteroatoms. The molecule has 0 radical (unpaired) electrons. The van der Waals surface area contributed by atoms with Gasteiger partial charge >= 0.3 is 22.1 Å². The van der Waals surface area contributed by atoms with Gasteiger partial charge in [-0.05, 0) is 17.3 Å². The average Bonchev–Trinajstić information content (AvgIpc) is 2.69. The van der Waals surface area contributed by atoms with Gasteiger partial charge in [0, 0.05) is 0 Å². The maximum atomic E-state index is 8.83.